The number of carbonyl (C=O) groups is 4. The molecule has 0 amide bonds. The fourth-order valence-corrected chi connectivity index (χ4v) is 12.7. The number of rotatable bonds is 71. The van der Waals surface area contributed by atoms with Gasteiger partial charge in [0.25, 0.3) is 0 Å². The quantitative estimate of drug-likeness (QED) is 0.0222. The van der Waals surface area contributed by atoms with Gasteiger partial charge in [-0.2, -0.15) is 0 Å². The Kier molecular flexibility index (Phi) is 62.2. The van der Waals surface area contributed by atoms with Crippen molar-refractivity contribution in [2.45, 2.75) is 388 Å². The highest BCUT2D eigenvalue weighted by atomic mass is 31.2. The first-order valence-electron chi connectivity index (χ1n) is 38.3. The van der Waals surface area contributed by atoms with Gasteiger partial charge in [0.05, 0.1) is 26.4 Å². The zero-order valence-corrected chi connectivity index (χ0v) is 62.7. The SMILES string of the molecule is CCC(C)CCCCCCCCCCCCC(=O)O[C@H](COC(=O)CCCCCCCCC(C)CC)COP(=O)(O)OC[C@H](O)COP(=O)(O)OC[C@@H](COC(=O)CCCCCCCCCCCCCCCCC(C)C)OC(=O)CCCCCCCCCCC(C)CC. The highest BCUT2D eigenvalue weighted by Crippen LogP contribution is 2.45. The smallest absolute Gasteiger partial charge is 0.462 e. The molecule has 3 N–H and O–H groups in total. The minimum absolute atomic E-state index is 0.105. The fraction of sp³-hybridized carbons (Fsp3) is 0.946. The van der Waals surface area contributed by atoms with Crippen LogP contribution < -0.4 is 0 Å². The van der Waals surface area contributed by atoms with Gasteiger partial charge in [-0.05, 0) is 49.4 Å². The molecule has 0 saturated heterocycles. The van der Waals surface area contributed by atoms with E-state index in [1.54, 1.807) is 0 Å². The average Bonchev–Trinajstić information content (AvgIpc) is 1.68. The van der Waals surface area contributed by atoms with Crippen LogP contribution in [-0.2, 0) is 65.4 Å². The van der Waals surface area contributed by atoms with Gasteiger partial charge in [0.15, 0.2) is 12.2 Å². The highest BCUT2D eigenvalue weighted by molar-refractivity contribution is 7.47. The first-order chi connectivity index (χ1) is 44.7. The molecule has 0 aromatic rings. The second-order valence-electron chi connectivity index (χ2n) is 27.9. The molecule has 0 radical (unpaired) electrons. The molecule has 0 fully saturated rings. The van der Waals surface area contributed by atoms with E-state index < -0.39 is 97.5 Å². The second-order valence-corrected chi connectivity index (χ2v) is 30.8. The summed E-state index contributed by atoms with van der Waals surface area (Å²) < 4.78 is 68.4. The van der Waals surface area contributed by atoms with Gasteiger partial charge < -0.3 is 33.8 Å². The van der Waals surface area contributed by atoms with E-state index in [9.17, 15) is 43.2 Å². The number of phosphoric acid groups is 2. The van der Waals surface area contributed by atoms with Crippen LogP contribution in [0, 0.1) is 23.7 Å². The lowest BCUT2D eigenvalue weighted by Gasteiger charge is -2.21. The molecule has 0 aliphatic heterocycles. The van der Waals surface area contributed by atoms with E-state index in [0.717, 1.165) is 120 Å². The lowest BCUT2D eigenvalue weighted by molar-refractivity contribution is -0.161. The van der Waals surface area contributed by atoms with E-state index in [1.165, 1.54) is 167 Å². The first-order valence-corrected chi connectivity index (χ1v) is 41.3. The van der Waals surface area contributed by atoms with E-state index in [2.05, 4.69) is 55.4 Å². The summed E-state index contributed by atoms with van der Waals surface area (Å²) in [6.45, 7) is 14.2. The molecule has 8 atom stereocenters. The Bertz CT molecular complexity index is 1840. The molecule has 0 aliphatic rings. The second kappa shape index (κ2) is 63.5. The van der Waals surface area contributed by atoms with Crippen molar-refractivity contribution in [3.63, 3.8) is 0 Å². The van der Waals surface area contributed by atoms with Gasteiger partial charge >= 0.3 is 39.5 Å². The molecule has 0 aromatic carbocycles. The van der Waals surface area contributed by atoms with Crippen LogP contribution in [0.3, 0.4) is 0 Å². The summed E-state index contributed by atoms with van der Waals surface area (Å²) in [6, 6.07) is 0. The molecule has 17 nitrogen and oxygen atoms in total. The van der Waals surface area contributed by atoms with Crippen LogP contribution >= 0.6 is 15.6 Å². The van der Waals surface area contributed by atoms with Crippen LogP contribution in [0.1, 0.15) is 370 Å². The summed E-state index contributed by atoms with van der Waals surface area (Å²) in [4.78, 5) is 72.7. The number of aliphatic hydroxyl groups is 1. The Balaban J connectivity index is 5.25. The van der Waals surface area contributed by atoms with Crippen molar-refractivity contribution in [3.8, 4) is 0 Å². The van der Waals surface area contributed by atoms with E-state index in [1.807, 2.05) is 0 Å². The molecule has 0 saturated carbocycles. The molecule has 0 bridgehead atoms. The lowest BCUT2D eigenvalue weighted by Crippen LogP contribution is -2.30. The standard InChI is InChI=1S/C74H144O17P2/c1-9-65(6)51-43-35-27-21-18-19-23-30-40-48-56-73(78)90-70(61-85-72(77)55-47-39-33-32-37-45-53-67(8)11-3)63-89-93(82,83)87-59-68(75)58-86-92(80,81)88-62-69(91-74(79)57-49-41-31-25-24-28-36-44-52-66(7)10-2)60-84-71(76)54-46-38-29-22-17-15-13-12-14-16-20-26-34-42-50-64(4)5/h64-70,75H,9-63H2,1-8H3,(H,80,81)(H,82,83)/t65?,66?,67?,68-,69-,70-/m1/s1. The van der Waals surface area contributed by atoms with Crippen LogP contribution in [0.5, 0.6) is 0 Å². The number of ether oxygens (including phenoxy) is 4. The Morgan fingerprint density at radius 1 is 0.301 bits per heavy atom. The minimum atomic E-state index is -4.96. The maximum Gasteiger partial charge on any atom is 0.472 e. The van der Waals surface area contributed by atoms with Crippen LogP contribution in [0.2, 0.25) is 0 Å². The molecule has 0 spiro atoms. The first kappa shape index (κ1) is 91.1. The number of unbranched alkanes of at least 4 members (excludes halogenated alkanes) is 34. The predicted molar refractivity (Wildman–Crippen MR) is 377 cm³/mol. The van der Waals surface area contributed by atoms with Gasteiger partial charge in [-0.3, -0.25) is 37.3 Å². The number of aliphatic hydroxyl groups excluding tert-OH is 1. The molecule has 552 valence electrons. The fourth-order valence-electron chi connectivity index (χ4n) is 11.1. The summed E-state index contributed by atoms with van der Waals surface area (Å²) in [5, 5.41) is 10.6. The molecule has 0 aliphatic carbocycles. The Labute approximate surface area is 568 Å². The topological polar surface area (TPSA) is 237 Å². The summed E-state index contributed by atoms with van der Waals surface area (Å²) in [5.74, 6) is 0.977. The van der Waals surface area contributed by atoms with Gasteiger partial charge in [-0.1, -0.05) is 319 Å². The van der Waals surface area contributed by atoms with Gasteiger partial charge in [-0.15, -0.1) is 0 Å². The van der Waals surface area contributed by atoms with Crippen molar-refractivity contribution in [2.75, 3.05) is 39.6 Å². The van der Waals surface area contributed by atoms with Crippen molar-refractivity contribution in [1.82, 2.24) is 0 Å². The highest BCUT2D eigenvalue weighted by Gasteiger charge is 2.30. The van der Waals surface area contributed by atoms with Crippen molar-refractivity contribution in [1.29, 1.82) is 0 Å². The molecule has 0 aromatic heterocycles. The average molecular weight is 1370 g/mol. The summed E-state index contributed by atoms with van der Waals surface area (Å²) in [7, 11) is -9.91. The van der Waals surface area contributed by atoms with E-state index >= 15 is 0 Å². The zero-order valence-electron chi connectivity index (χ0n) is 60.9. The van der Waals surface area contributed by atoms with E-state index in [0.29, 0.717) is 25.7 Å². The molecular weight excluding hydrogens is 1220 g/mol. The monoisotopic (exact) mass is 1370 g/mol. The van der Waals surface area contributed by atoms with E-state index in [-0.39, 0.29) is 25.7 Å². The van der Waals surface area contributed by atoms with E-state index in [4.69, 9.17) is 37.0 Å². The van der Waals surface area contributed by atoms with Crippen LogP contribution in [0.4, 0.5) is 0 Å². The van der Waals surface area contributed by atoms with Crippen molar-refractivity contribution < 1.29 is 80.2 Å². The largest absolute Gasteiger partial charge is 0.472 e. The third-order valence-corrected chi connectivity index (χ3v) is 20.1. The van der Waals surface area contributed by atoms with Crippen LogP contribution in [0.15, 0.2) is 0 Å². The van der Waals surface area contributed by atoms with Gasteiger partial charge in [0.1, 0.15) is 19.3 Å². The Hall–Kier alpha value is -1.94. The number of hydrogen-bond acceptors (Lipinski definition) is 15. The normalized spacial score (nSPS) is 15.1. The van der Waals surface area contributed by atoms with Crippen molar-refractivity contribution >= 4 is 39.5 Å². The summed E-state index contributed by atoms with van der Waals surface area (Å²) in [5.41, 5.74) is 0. The third-order valence-electron chi connectivity index (χ3n) is 18.2. The summed E-state index contributed by atoms with van der Waals surface area (Å²) in [6.07, 6.45) is 47.1. The van der Waals surface area contributed by atoms with Gasteiger partial charge in [0.2, 0.25) is 0 Å². The number of esters is 4. The Morgan fingerprint density at radius 3 is 0.763 bits per heavy atom. The maximum absolute atomic E-state index is 13.1. The number of carbonyl (C=O) groups excluding carboxylic acids is 4. The Morgan fingerprint density at radius 2 is 0.516 bits per heavy atom. The number of hydrogen-bond donors (Lipinski definition) is 3. The van der Waals surface area contributed by atoms with Gasteiger partial charge in [-0.25, -0.2) is 9.13 Å². The predicted octanol–water partition coefficient (Wildman–Crippen LogP) is 21.3. The molecule has 0 heterocycles. The van der Waals surface area contributed by atoms with Gasteiger partial charge in [0, 0.05) is 25.7 Å². The number of phosphoric ester groups is 2. The zero-order chi connectivity index (χ0) is 68.9. The molecule has 0 rings (SSSR count). The van der Waals surface area contributed by atoms with Crippen LogP contribution in [-0.4, -0.2) is 96.7 Å². The lowest BCUT2D eigenvalue weighted by atomic mass is 9.99. The molecular formula is C74H144O17P2. The molecule has 5 unspecified atom stereocenters. The molecule has 93 heavy (non-hydrogen) atoms. The summed E-state index contributed by atoms with van der Waals surface area (Å²) >= 11 is 0. The molecule has 19 heteroatoms. The van der Waals surface area contributed by atoms with Crippen LogP contribution in [0.25, 0.3) is 0 Å². The third kappa shape index (κ3) is 64.5. The van der Waals surface area contributed by atoms with Crippen molar-refractivity contribution in [3.05, 3.63) is 0 Å². The van der Waals surface area contributed by atoms with Crippen molar-refractivity contribution in [2.24, 2.45) is 23.7 Å². The maximum atomic E-state index is 13.1. The minimum Gasteiger partial charge on any atom is -0.462 e.